The van der Waals surface area contributed by atoms with Crippen LogP contribution in [-0.4, -0.2) is 42.4 Å². The van der Waals surface area contributed by atoms with Gasteiger partial charge in [-0.3, -0.25) is 0 Å². The lowest BCUT2D eigenvalue weighted by atomic mass is 10.2. The molecule has 23 heavy (non-hydrogen) atoms. The van der Waals surface area contributed by atoms with Gasteiger partial charge >= 0.3 is 8.56 Å². The van der Waals surface area contributed by atoms with E-state index in [-0.39, 0.29) is 0 Å². The summed E-state index contributed by atoms with van der Waals surface area (Å²) < 4.78 is 22.2. The maximum atomic E-state index is 5.63. The van der Waals surface area contributed by atoms with Crippen molar-refractivity contribution in [3.05, 3.63) is 30.3 Å². The van der Waals surface area contributed by atoms with Crippen molar-refractivity contribution in [3.63, 3.8) is 0 Å². The van der Waals surface area contributed by atoms with Gasteiger partial charge in [0.25, 0.3) is 0 Å². The van der Waals surface area contributed by atoms with Crippen LogP contribution in [0.1, 0.15) is 19.3 Å². The first kappa shape index (κ1) is 21.3. The minimum atomic E-state index is -2.35. The predicted molar refractivity (Wildman–Crippen MR) is 99.9 cm³/mol. The zero-order chi connectivity index (χ0) is 17.3. The standard InChI is InChI=1S/C9H20O4Si.C6H5Cl2P/c1-10-9(11-2)7-5-6-8-14(9,12-3)13-4;7-9(8)6-4-2-1-3-5-6/h5-8H2,1-4H3;1-5H. The first-order valence-electron chi connectivity index (χ1n) is 7.38. The first-order valence-corrected chi connectivity index (χ1v) is 12.6. The van der Waals surface area contributed by atoms with Crippen LogP contribution >= 0.6 is 29.1 Å². The van der Waals surface area contributed by atoms with Crippen LogP contribution in [-0.2, 0) is 18.3 Å². The maximum Gasteiger partial charge on any atom is 0.399 e. The Morgan fingerprint density at radius 1 is 0.957 bits per heavy atom. The third-order valence-corrected chi connectivity index (χ3v) is 10.1. The van der Waals surface area contributed by atoms with E-state index in [0.29, 0.717) is 0 Å². The number of benzene rings is 1. The van der Waals surface area contributed by atoms with Gasteiger partial charge < -0.3 is 18.3 Å². The molecule has 1 aromatic carbocycles. The van der Waals surface area contributed by atoms with Gasteiger partial charge in [-0.25, -0.2) is 0 Å². The molecule has 1 fully saturated rings. The fraction of sp³-hybridized carbons (Fsp3) is 0.600. The van der Waals surface area contributed by atoms with E-state index < -0.39 is 20.6 Å². The summed E-state index contributed by atoms with van der Waals surface area (Å²) in [6.45, 7) is -0.951. The molecule has 0 N–H and O–H groups in total. The summed E-state index contributed by atoms with van der Waals surface area (Å²) in [5, 5.41) is 1.01. The summed E-state index contributed by atoms with van der Waals surface area (Å²) in [6.07, 6.45) is 3.08. The summed E-state index contributed by atoms with van der Waals surface area (Å²) >= 11 is 11.3. The highest BCUT2D eigenvalue weighted by atomic mass is 35.9. The number of methoxy groups -OCH3 is 2. The number of hydrogen-bond donors (Lipinski definition) is 0. The van der Waals surface area contributed by atoms with Crippen LogP contribution in [0.4, 0.5) is 0 Å². The van der Waals surface area contributed by atoms with Crippen LogP contribution in [0.15, 0.2) is 30.3 Å². The molecule has 0 unspecified atom stereocenters. The molecule has 1 aliphatic rings. The predicted octanol–water partition coefficient (Wildman–Crippen LogP) is 4.54. The fourth-order valence-corrected chi connectivity index (χ4v) is 7.38. The molecular weight excluding hydrogens is 374 g/mol. The molecule has 0 atom stereocenters. The summed E-state index contributed by atoms with van der Waals surface area (Å²) in [6, 6.07) is 10.6. The van der Waals surface area contributed by atoms with Crippen molar-refractivity contribution >= 4 is 43.0 Å². The zero-order valence-corrected chi connectivity index (χ0v) is 17.5. The minimum absolute atomic E-state index is 0.630. The van der Waals surface area contributed by atoms with Gasteiger partial charge in [0.1, 0.15) is 6.63 Å². The van der Waals surface area contributed by atoms with Crippen molar-refractivity contribution in [3.8, 4) is 0 Å². The van der Waals surface area contributed by atoms with Crippen molar-refractivity contribution in [1.29, 1.82) is 0 Å². The summed E-state index contributed by atoms with van der Waals surface area (Å²) in [5.74, 6) is 0. The molecule has 1 aromatic rings. The van der Waals surface area contributed by atoms with Crippen LogP contribution in [0.25, 0.3) is 0 Å². The van der Waals surface area contributed by atoms with Crippen LogP contribution in [0.2, 0.25) is 6.04 Å². The highest BCUT2D eigenvalue weighted by Gasteiger charge is 2.60. The molecule has 8 heteroatoms. The second-order valence-corrected chi connectivity index (χ2v) is 12.2. The van der Waals surface area contributed by atoms with E-state index in [1.54, 1.807) is 28.4 Å². The van der Waals surface area contributed by atoms with E-state index in [2.05, 4.69) is 0 Å². The van der Waals surface area contributed by atoms with Crippen LogP contribution in [0.5, 0.6) is 0 Å². The molecular formula is C15H25Cl2O4PSi. The third kappa shape index (κ3) is 5.13. The summed E-state index contributed by atoms with van der Waals surface area (Å²) in [7, 11) is 4.34. The van der Waals surface area contributed by atoms with Gasteiger partial charge in [0.05, 0.1) is 0 Å². The average Bonchev–Trinajstić information content (AvgIpc) is 2.62. The highest BCUT2D eigenvalue weighted by molar-refractivity contribution is 8.08. The van der Waals surface area contributed by atoms with Crippen molar-refractivity contribution in [1.82, 2.24) is 0 Å². The van der Waals surface area contributed by atoms with Crippen molar-refractivity contribution in [2.75, 3.05) is 28.4 Å². The molecule has 2 rings (SSSR count). The number of rotatable bonds is 5. The Kier molecular flexibility index (Phi) is 9.57. The fourth-order valence-electron chi connectivity index (χ4n) is 2.83. The van der Waals surface area contributed by atoms with E-state index in [1.165, 1.54) is 0 Å². The van der Waals surface area contributed by atoms with Gasteiger partial charge in [0.15, 0.2) is 0 Å². The van der Waals surface area contributed by atoms with Crippen LogP contribution in [0.3, 0.4) is 0 Å². The molecule has 0 bridgehead atoms. The Morgan fingerprint density at radius 2 is 1.52 bits per heavy atom. The lowest BCUT2D eigenvalue weighted by Crippen LogP contribution is -2.65. The second-order valence-electron chi connectivity index (χ2n) is 5.10. The van der Waals surface area contributed by atoms with Crippen LogP contribution < -0.4 is 5.30 Å². The third-order valence-electron chi connectivity index (χ3n) is 4.11. The van der Waals surface area contributed by atoms with Gasteiger partial charge in [0.2, 0.25) is 5.41 Å². The van der Waals surface area contributed by atoms with Gasteiger partial charge in [-0.2, -0.15) is 0 Å². The molecule has 0 amide bonds. The largest absolute Gasteiger partial charge is 0.399 e. The molecule has 0 spiro atoms. The zero-order valence-electron chi connectivity index (χ0n) is 14.1. The molecule has 0 saturated carbocycles. The van der Waals surface area contributed by atoms with Crippen LogP contribution in [0, 0.1) is 0 Å². The number of ether oxygens (including phenoxy) is 2. The topological polar surface area (TPSA) is 36.9 Å². The molecule has 1 saturated heterocycles. The van der Waals surface area contributed by atoms with E-state index in [4.69, 9.17) is 40.8 Å². The van der Waals surface area contributed by atoms with E-state index in [9.17, 15) is 0 Å². The molecule has 0 radical (unpaired) electrons. The van der Waals surface area contributed by atoms with Gasteiger partial charge in [0, 0.05) is 40.2 Å². The average molecular weight is 399 g/mol. The minimum Gasteiger partial charge on any atom is -0.395 e. The lowest BCUT2D eigenvalue weighted by molar-refractivity contribution is -0.183. The van der Waals surface area contributed by atoms with Gasteiger partial charge in [-0.1, -0.05) is 59.2 Å². The maximum absolute atomic E-state index is 5.63. The first-order chi connectivity index (χ1) is 11.0. The van der Waals surface area contributed by atoms with E-state index in [1.807, 2.05) is 30.3 Å². The molecule has 1 heterocycles. The molecule has 4 nitrogen and oxygen atoms in total. The van der Waals surface area contributed by atoms with Gasteiger partial charge in [-0.05, 0) is 12.5 Å². The van der Waals surface area contributed by atoms with Crippen molar-refractivity contribution in [2.24, 2.45) is 0 Å². The Labute approximate surface area is 150 Å². The summed E-state index contributed by atoms with van der Waals surface area (Å²) in [5.41, 5.74) is -0.630. The van der Waals surface area contributed by atoms with E-state index >= 15 is 0 Å². The molecule has 1 aliphatic heterocycles. The Bertz CT molecular complexity index is 422. The molecule has 0 aromatic heterocycles. The van der Waals surface area contributed by atoms with E-state index in [0.717, 1.165) is 30.6 Å². The van der Waals surface area contributed by atoms with Crippen molar-refractivity contribution in [2.45, 2.75) is 30.7 Å². The Morgan fingerprint density at radius 3 is 1.87 bits per heavy atom. The lowest BCUT2D eigenvalue weighted by Gasteiger charge is -2.46. The number of halogens is 2. The normalized spacial score (nSPS) is 19.1. The smallest absolute Gasteiger partial charge is 0.395 e. The Hall–Kier alpha value is 0.287. The SMILES string of the molecule is COC1(OC)CCCC[Si]1(OC)OC.ClP(Cl)c1ccccc1. The highest BCUT2D eigenvalue weighted by Crippen LogP contribution is 2.45. The summed E-state index contributed by atoms with van der Waals surface area (Å²) in [4.78, 5) is 0. The number of hydrogen-bond acceptors (Lipinski definition) is 4. The molecule has 132 valence electrons. The second kappa shape index (κ2) is 10.3. The molecule has 0 aliphatic carbocycles. The Balaban J connectivity index is 0.000000253. The van der Waals surface area contributed by atoms with Gasteiger partial charge in [-0.15, -0.1) is 0 Å². The van der Waals surface area contributed by atoms with Crippen molar-refractivity contribution < 1.29 is 18.3 Å². The monoisotopic (exact) mass is 398 g/mol. The quantitative estimate of drug-likeness (QED) is 0.414.